The van der Waals surface area contributed by atoms with Crippen molar-refractivity contribution in [3.8, 4) is 11.1 Å². The molecule has 0 saturated heterocycles. The number of hydrogen-bond donors (Lipinski definition) is 0. The highest BCUT2D eigenvalue weighted by Crippen LogP contribution is 2.36. The van der Waals surface area contributed by atoms with Gasteiger partial charge in [-0.1, -0.05) is 41.9 Å². The molecule has 0 N–H and O–H groups in total. The number of aromatic nitrogens is 1. The molecule has 0 spiro atoms. The molecule has 114 valence electrons. The number of fused-ring (bicyclic) bond motifs is 1. The van der Waals surface area contributed by atoms with E-state index in [1.807, 2.05) is 30.3 Å². The molecule has 0 bridgehead atoms. The van der Waals surface area contributed by atoms with Gasteiger partial charge >= 0.3 is 0 Å². The lowest BCUT2D eigenvalue weighted by Crippen LogP contribution is -2.02. The molecule has 6 heteroatoms. The molecule has 1 heterocycles. The molecule has 23 heavy (non-hydrogen) atoms. The molecular formula is C17H11ClN2O3. The summed E-state index contributed by atoms with van der Waals surface area (Å²) in [5, 5.41) is 11.7. The quantitative estimate of drug-likeness (QED) is 0.303. The number of nitrogens with zero attached hydrogens (tertiary/aromatic N) is 2. The summed E-state index contributed by atoms with van der Waals surface area (Å²) >= 11 is 6.19. The minimum Gasteiger partial charge on any atom is -0.294 e. The Bertz CT molecular complexity index is 939. The molecule has 0 unspecified atom stereocenters. The van der Waals surface area contributed by atoms with Crippen LogP contribution in [0.2, 0.25) is 5.15 Å². The van der Waals surface area contributed by atoms with E-state index in [0.29, 0.717) is 16.5 Å². The standard InChI is InChI=1S/C17H11ClN2O3/c1-10(21)15-16(11-5-3-2-4-6-11)13-9-12(20(22)23)7-8-14(13)19-17(15)18/h2-9H,1H3. The van der Waals surface area contributed by atoms with Crippen LogP contribution in [0.1, 0.15) is 17.3 Å². The van der Waals surface area contributed by atoms with Gasteiger partial charge in [-0.25, -0.2) is 4.98 Å². The highest BCUT2D eigenvalue weighted by Gasteiger charge is 2.20. The number of halogens is 1. The second-order valence-electron chi connectivity index (χ2n) is 5.03. The number of pyridine rings is 1. The third-order valence-electron chi connectivity index (χ3n) is 3.55. The zero-order chi connectivity index (χ0) is 16.6. The normalized spacial score (nSPS) is 10.7. The molecule has 0 aliphatic carbocycles. The zero-order valence-corrected chi connectivity index (χ0v) is 12.9. The van der Waals surface area contributed by atoms with Crippen molar-refractivity contribution in [3.05, 3.63) is 69.4 Å². The molecule has 3 rings (SSSR count). The summed E-state index contributed by atoms with van der Waals surface area (Å²) in [4.78, 5) is 26.9. The first-order valence-corrected chi connectivity index (χ1v) is 7.21. The second kappa shape index (κ2) is 5.78. The maximum atomic E-state index is 12.1. The lowest BCUT2D eigenvalue weighted by atomic mass is 9.94. The molecule has 0 saturated carbocycles. The molecule has 0 radical (unpaired) electrons. The van der Waals surface area contributed by atoms with E-state index in [4.69, 9.17) is 11.6 Å². The summed E-state index contributed by atoms with van der Waals surface area (Å²) in [6, 6.07) is 13.5. The number of ketones is 1. The van der Waals surface area contributed by atoms with Crippen LogP contribution in [0.5, 0.6) is 0 Å². The highest BCUT2D eigenvalue weighted by atomic mass is 35.5. The average Bonchev–Trinajstić information content (AvgIpc) is 2.53. The topological polar surface area (TPSA) is 73.1 Å². The van der Waals surface area contributed by atoms with Crippen molar-refractivity contribution in [2.24, 2.45) is 0 Å². The maximum Gasteiger partial charge on any atom is 0.270 e. The van der Waals surface area contributed by atoms with Crippen LogP contribution in [-0.4, -0.2) is 15.7 Å². The van der Waals surface area contributed by atoms with E-state index in [1.165, 1.54) is 25.1 Å². The van der Waals surface area contributed by atoms with E-state index in [0.717, 1.165) is 5.56 Å². The highest BCUT2D eigenvalue weighted by molar-refractivity contribution is 6.34. The molecule has 0 amide bonds. The van der Waals surface area contributed by atoms with Gasteiger partial charge in [0.05, 0.1) is 16.0 Å². The Labute approximate surface area is 136 Å². The Morgan fingerprint density at radius 1 is 1.17 bits per heavy atom. The maximum absolute atomic E-state index is 12.1. The van der Waals surface area contributed by atoms with Gasteiger partial charge in [0.25, 0.3) is 5.69 Å². The zero-order valence-electron chi connectivity index (χ0n) is 12.1. The lowest BCUT2D eigenvalue weighted by Gasteiger charge is -2.12. The summed E-state index contributed by atoms with van der Waals surface area (Å²) in [5.41, 5.74) is 2.04. The van der Waals surface area contributed by atoms with Gasteiger partial charge in [0, 0.05) is 23.1 Å². The number of Topliss-reactive ketones (excluding diaryl/α,β-unsaturated/α-hetero) is 1. The third-order valence-corrected chi connectivity index (χ3v) is 3.82. The Hall–Kier alpha value is -2.79. The Morgan fingerprint density at radius 2 is 1.87 bits per heavy atom. The average molecular weight is 327 g/mol. The third kappa shape index (κ3) is 2.66. The van der Waals surface area contributed by atoms with E-state index in [2.05, 4.69) is 4.98 Å². The van der Waals surface area contributed by atoms with E-state index in [-0.39, 0.29) is 22.2 Å². The van der Waals surface area contributed by atoms with Gasteiger partial charge in [-0.05, 0) is 18.6 Å². The molecule has 0 aliphatic heterocycles. The predicted octanol–water partition coefficient (Wildman–Crippen LogP) is 4.67. The first kappa shape index (κ1) is 15.1. The van der Waals surface area contributed by atoms with Crippen molar-refractivity contribution >= 4 is 34.0 Å². The van der Waals surface area contributed by atoms with E-state index in [9.17, 15) is 14.9 Å². The van der Waals surface area contributed by atoms with Crippen LogP contribution in [-0.2, 0) is 0 Å². The van der Waals surface area contributed by atoms with E-state index >= 15 is 0 Å². The van der Waals surface area contributed by atoms with Crippen LogP contribution < -0.4 is 0 Å². The molecule has 1 aromatic heterocycles. The van der Waals surface area contributed by atoms with Crippen LogP contribution in [0.3, 0.4) is 0 Å². The molecule has 2 aromatic carbocycles. The van der Waals surface area contributed by atoms with Crippen LogP contribution in [0, 0.1) is 10.1 Å². The first-order valence-electron chi connectivity index (χ1n) is 6.83. The summed E-state index contributed by atoms with van der Waals surface area (Å²) in [6.45, 7) is 1.40. The van der Waals surface area contributed by atoms with E-state index in [1.54, 1.807) is 0 Å². The molecule has 0 atom stereocenters. The molecule has 3 aromatic rings. The monoisotopic (exact) mass is 326 g/mol. The minimum absolute atomic E-state index is 0.0618. The van der Waals surface area contributed by atoms with Crippen molar-refractivity contribution < 1.29 is 9.72 Å². The van der Waals surface area contributed by atoms with Crippen molar-refractivity contribution in [2.45, 2.75) is 6.92 Å². The van der Waals surface area contributed by atoms with Gasteiger partial charge in [0.15, 0.2) is 5.78 Å². The smallest absolute Gasteiger partial charge is 0.270 e. The Morgan fingerprint density at radius 3 is 2.48 bits per heavy atom. The fourth-order valence-corrected chi connectivity index (χ4v) is 2.88. The van der Waals surface area contributed by atoms with Gasteiger partial charge in [-0.3, -0.25) is 14.9 Å². The molecule has 5 nitrogen and oxygen atoms in total. The van der Waals surface area contributed by atoms with Crippen molar-refractivity contribution in [1.29, 1.82) is 0 Å². The van der Waals surface area contributed by atoms with Crippen LogP contribution in [0.15, 0.2) is 48.5 Å². The number of rotatable bonds is 3. The molecular weight excluding hydrogens is 316 g/mol. The van der Waals surface area contributed by atoms with Gasteiger partial charge < -0.3 is 0 Å². The summed E-state index contributed by atoms with van der Waals surface area (Å²) in [7, 11) is 0. The fourth-order valence-electron chi connectivity index (χ4n) is 2.56. The van der Waals surface area contributed by atoms with Gasteiger partial charge in [0.2, 0.25) is 0 Å². The Kier molecular flexibility index (Phi) is 3.80. The largest absolute Gasteiger partial charge is 0.294 e. The summed E-state index contributed by atoms with van der Waals surface area (Å²) in [5.74, 6) is -0.241. The van der Waals surface area contributed by atoms with Gasteiger partial charge in [-0.15, -0.1) is 0 Å². The number of carbonyl (C=O) groups excluding carboxylic acids is 1. The number of carbonyl (C=O) groups is 1. The summed E-state index contributed by atoms with van der Waals surface area (Å²) in [6.07, 6.45) is 0. The number of benzene rings is 2. The summed E-state index contributed by atoms with van der Waals surface area (Å²) < 4.78 is 0. The first-order chi connectivity index (χ1) is 11.0. The van der Waals surface area contributed by atoms with Crippen molar-refractivity contribution in [3.63, 3.8) is 0 Å². The number of hydrogen-bond acceptors (Lipinski definition) is 4. The van der Waals surface area contributed by atoms with Crippen LogP contribution in [0.25, 0.3) is 22.0 Å². The van der Waals surface area contributed by atoms with Crippen LogP contribution >= 0.6 is 11.6 Å². The van der Waals surface area contributed by atoms with Crippen molar-refractivity contribution in [2.75, 3.05) is 0 Å². The SMILES string of the molecule is CC(=O)c1c(Cl)nc2ccc([N+](=O)[O-])cc2c1-c1ccccc1. The second-order valence-corrected chi connectivity index (χ2v) is 5.39. The van der Waals surface area contributed by atoms with Gasteiger partial charge in [-0.2, -0.15) is 0 Å². The van der Waals surface area contributed by atoms with Crippen molar-refractivity contribution in [1.82, 2.24) is 4.98 Å². The Balaban J connectivity index is 2.48. The number of non-ortho nitro benzene ring substituents is 1. The predicted molar refractivity (Wildman–Crippen MR) is 88.8 cm³/mol. The molecule has 0 fully saturated rings. The number of nitro groups is 1. The van der Waals surface area contributed by atoms with E-state index < -0.39 is 4.92 Å². The molecule has 0 aliphatic rings. The van der Waals surface area contributed by atoms with Crippen LogP contribution in [0.4, 0.5) is 5.69 Å². The number of nitro benzene ring substituents is 1. The lowest BCUT2D eigenvalue weighted by molar-refractivity contribution is -0.384. The fraction of sp³-hybridized carbons (Fsp3) is 0.0588. The minimum atomic E-state index is -0.476. The van der Waals surface area contributed by atoms with Gasteiger partial charge in [0.1, 0.15) is 5.15 Å².